The highest BCUT2D eigenvalue weighted by Gasteiger charge is 2.57. The molecule has 78 heavy (non-hydrogen) atoms. The van der Waals surface area contributed by atoms with Gasteiger partial charge in [0.05, 0.1) is 46.2 Å². The summed E-state index contributed by atoms with van der Waals surface area (Å²) < 4.78 is 69.4. The molecule has 7 aromatic rings. The smallest absolute Gasteiger partial charge is 0.303 e. The second kappa shape index (κ2) is 27.6. The zero-order chi connectivity index (χ0) is 54.2. The van der Waals surface area contributed by atoms with E-state index in [2.05, 4.69) is 45.0 Å². The average molecular weight is 1070 g/mol. The lowest BCUT2D eigenvalue weighted by Crippen LogP contribution is -2.69. The van der Waals surface area contributed by atoms with Crippen LogP contribution in [0.25, 0.3) is 0 Å². The lowest BCUT2D eigenvalue weighted by molar-refractivity contribution is -0.370. The van der Waals surface area contributed by atoms with Gasteiger partial charge < -0.3 is 52.2 Å². The molecule has 2 fully saturated rings. The molecule has 13 heteroatoms. The van der Waals surface area contributed by atoms with Crippen molar-refractivity contribution >= 4 is 24.7 Å². The summed E-state index contributed by atoms with van der Waals surface area (Å²) in [6, 6.07) is 69.6. The first kappa shape index (κ1) is 56.5. The van der Waals surface area contributed by atoms with Gasteiger partial charge in [-0.05, 0) is 43.2 Å². The van der Waals surface area contributed by atoms with E-state index in [9.17, 15) is 9.90 Å². The molecule has 0 aromatic heterocycles. The van der Waals surface area contributed by atoms with Gasteiger partial charge >= 0.3 is 5.97 Å². The molecule has 12 nitrogen and oxygen atoms in total. The monoisotopic (exact) mass is 1070 g/mol. The number of carbonyl (C=O) groups excluding carboxylic acids is 1. The number of hydrogen-bond acceptors (Lipinski definition) is 12. The number of aliphatic hydroxyl groups is 1. The van der Waals surface area contributed by atoms with Gasteiger partial charge in [-0.1, -0.05) is 233 Å². The van der Waals surface area contributed by atoms with E-state index in [-0.39, 0.29) is 46.2 Å². The molecule has 0 amide bonds. The first-order chi connectivity index (χ1) is 38.1. The van der Waals surface area contributed by atoms with Crippen LogP contribution in [0.2, 0.25) is 5.04 Å². The number of aliphatic hydroxyl groups excluding tert-OH is 1. The van der Waals surface area contributed by atoms with Gasteiger partial charge in [-0.2, -0.15) is 0 Å². The Morgan fingerprint density at radius 2 is 0.821 bits per heavy atom. The first-order valence-electron chi connectivity index (χ1n) is 26.9. The van der Waals surface area contributed by atoms with Crippen molar-refractivity contribution in [2.45, 2.75) is 127 Å². The molecule has 9 rings (SSSR count). The van der Waals surface area contributed by atoms with Gasteiger partial charge in [0.2, 0.25) is 0 Å². The average Bonchev–Trinajstić information content (AvgIpc) is 3.62. The van der Waals surface area contributed by atoms with Crippen LogP contribution in [0.15, 0.2) is 212 Å². The molecule has 2 aliphatic heterocycles. The Labute approximate surface area is 460 Å². The summed E-state index contributed by atoms with van der Waals surface area (Å²) in [5.41, 5.74) is 4.50. The second-order valence-corrected chi connectivity index (χ2v) is 25.1. The van der Waals surface area contributed by atoms with Gasteiger partial charge in [0.1, 0.15) is 42.7 Å². The highest BCUT2D eigenvalue weighted by molar-refractivity contribution is 6.99. The fraction of sp³-hybridized carbons (Fsp3) is 0.338. The molecule has 1 N–H and O–H groups in total. The van der Waals surface area contributed by atoms with Crippen molar-refractivity contribution in [2.24, 2.45) is 0 Å². The molecule has 7 aromatic carbocycles. The summed E-state index contributed by atoms with van der Waals surface area (Å²) in [5, 5.41) is 13.8. The minimum atomic E-state index is -3.22. The Hall–Kier alpha value is -6.17. The van der Waals surface area contributed by atoms with E-state index < -0.39 is 80.7 Å². The molecule has 0 saturated carbocycles. The Balaban J connectivity index is 1.15. The Bertz CT molecular complexity index is 2790. The van der Waals surface area contributed by atoms with E-state index in [1.807, 2.05) is 188 Å². The largest absolute Gasteiger partial charge is 0.457 e. The molecular formula is C65H72O12Si. The highest BCUT2D eigenvalue weighted by Crippen LogP contribution is 2.40. The summed E-state index contributed by atoms with van der Waals surface area (Å²) in [6.07, 6.45) is -11.0. The molecule has 0 bridgehead atoms. The number of hydrogen-bond donors (Lipinski definition) is 1. The maximum absolute atomic E-state index is 13.7. The van der Waals surface area contributed by atoms with Crippen LogP contribution in [-0.2, 0) is 84.9 Å². The molecule has 10 atom stereocenters. The Morgan fingerprint density at radius 3 is 1.24 bits per heavy atom. The standard InChI is InChI=1S/C65H72O12Si/c1-47(66)74-60-57(69-41-49-28-14-6-15-29-49)56(46-73-78(65(2,3)4,53-36-22-10-23-37-53)54-38-24-11-25-39-54)76-64(62(60)72-44-52-34-20-9-21-35-52)77-58-55(45-68-40-48-26-12-5-13-27-48)75-63(67)61(71-43-51-32-18-8-19-33-51)59(58)70-42-50-30-16-7-17-31-50/h5-39,55-64,67H,40-46H2,1-4H3/t55-,56-,57+,58-,59+,60+,61-,62-,63?,64+/m1/s1. The number of carbonyl (C=O) groups is 1. The zero-order valence-electron chi connectivity index (χ0n) is 44.9. The van der Waals surface area contributed by atoms with Gasteiger partial charge in [-0.15, -0.1) is 0 Å². The lowest BCUT2D eigenvalue weighted by Gasteiger charge is -2.50. The number of rotatable bonds is 24. The zero-order valence-corrected chi connectivity index (χ0v) is 45.9. The minimum Gasteiger partial charge on any atom is -0.457 e. The van der Waals surface area contributed by atoms with E-state index in [4.69, 9.17) is 47.1 Å². The van der Waals surface area contributed by atoms with E-state index >= 15 is 0 Å². The topological polar surface area (TPSA) is 130 Å². The number of benzene rings is 7. The molecule has 0 spiro atoms. The van der Waals surface area contributed by atoms with Crippen LogP contribution in [-0.4, -0.2) is 94.0 Å². The predicted molar refractivity (Wildman–Crippen MR) is 300 cm³/mol. The first-order valence-corrected chi connectivity index (χ1v) is 28.8. The van der Waals surface area contributed by atoms with Crippen molar-refractivity contribution in [1.82, 2.24) is 0 Å². The molecule has 0 radical (unpaired) electrons. The van der Waals surface area contributed by atoms with Crippen molar-refractivity contribution in [3.05, 3.63) is 240 Å². The van der Waals surface area contributed by atoms with Gasteiger partial charge in [0, 0.05) is 6.92 Å². The predicted octanol–water partition coefficient (Wildman–Crippen LogP) is 9.88. The molecule has 2 saturated heterocycles. The van der Waals surface area contributed by atoms with Crippen LogP contribution in [0, 0.1) is 0 Å². The van der Waals surface area contributed by atoms with E-state index in [1.54, 1.807) is 0 Å². The van der Waals surface area contributed by atoms with E-state index in [0.29, 0.717) is 0 Å². The summed E-state index contributed by atoms with van der Waals surface area (Å²) in [5.74, 6) is -0.552. The van der Waals surface area contributed by atoms with Crippen molar-refractivity contribution in [3.8, 4) is 0 Å². The fourth-order valence-corrected chi connectivity index (χ4v) is 15.0. The van der Waals surface area contributed by atoms with Crippen LogP contribution >= 0.6 is 0 Å². The summed E-state index contributed by atoms with van der Waals surface area (Å²) in [4.78, 5) is 13.7. The van der Waals surface area contributed by atoms with Crippen LogP contribution < -0.4 is 10.4 Å². The molecule has 408 valence electrons. The van der Waals surface area contributed by atoms with E-state index in [1.165, 1.54) is 6.92 Å². The van der Waals surface area contributed by atoms with Gasteiger partial charge in [-0.25, -0.2) is 0 Å². The van der Waals surface area contributed by atoms with Gasteiger partial charge in [-0.3, -0.25) is 4.79 Å². The minimum absolute atomic E-state index is 0.00396. The summed E-state index contributed by atoms with van der Waals surface area (Å²) in [6.45, 7) is 8.79. The van der Waals surface area contributed by atoms with Gasteiger partial charge in [0.25, 0.3) is 8.32 Å². The molecule has 2 aliphatic rings. The van der Waals surface area contributed by atoms with Crippen LogP contribution in [0.5, 0.6) is 0 Å². The lowest BCUT2D eigenvalue weighted by atomic mass is 9.96. The SMILES string of the molecule is CC(=O)O[C@H]1[C@@H](OCc2ccccc2)[C@@H](CO[Si](c2ccccc2)(c2ccccc2)C(C)(C)C)O[C@@H](O[C@H]2[C@H](OCc3ccccc3)[C@@H](OCc3ccccc3)C(O)O[C@@H]2COCc2ccccc2)[C@@H]1OCc1ccccc1. The summed E-state index contributed by atoms with van der Waals surface area (Å²) in [7, 11) is -3.22. The Morgan fingerprint density at radius 1 is 0.449 bits per heavy atom. The van der Waals surface area contributed by atoms with E-state index in [0.717, 1.165) is 38.2 Å². The van der Waals surface area contributed by atoms with Crippen LogP contribution in [0.3, 0.4) is 0 Å². The van der Waals surface area contributed by atoms with Crippen molar-refractivity contribution in [3.63, 3.8) is 0 Å². The maximum Gasteiger partial charge on any atom is 0.303 e. The number of ether oxygens (including phenoxy) is 9. The Kier molecular flexibility index (Phi) is 20.0. The highest BCUT2D eigenvalue weighted by atomic mass is 28.4. The normalized spacial score (nSPS) is 23.6. The molecular weight excluding hydrogens is 1000 g/mol. The van der Waals surface area contributed by atoms with Crippen LogP contribution in [0.1, 0.15) is 55.5 Å². The third-order valence-corrected chi connectivity index (χ3v) is 19.2. The molecule has 0 aliphatic carbocycles. The maximum atomic E-state index is 13.7. The van der Waals surface area contributed by atoms with Crippen molar-refractivity contribution in [2.75, 3.05) is 13.2 Å². The van der Waals surface area contributed by atoms with Crippen molar-refractivity contribution < 1.29 is 57.0 Å². The molecule has 2 heterocycles. The molecule has 1 unspecified atom stereocenters. The third kappa shape index (κ3) is 14.5. The summed E-state index contributed by atoms with van der Waals surface area (Å²) >= 11 is 0. The van der Waals surface area contributed by atoms with Crippen LogP contribution in [0.4, 0.5) is 0 Å². The number of esters is 1. The van der Waals surface area contributed by atoms with Crippen molar-refractivity contribution in [1.29, 1.82) is 0 Å². The van der Waals surface area contributed by atoms with Gasteiger partial charge in [0.15, 0.2) is 18.7 Å². The quantitative estimate of drug-likeness (QED) is 0.0457. The second-order valence-electron chi connectivity index (χ2n) is 20.8. The fourth-order valence-electron chi connectivity index (χ4n) is 10.4. The third-order valence-electron chi connectivity index (χ3n) is 14.2.